The van der Waals surface area contributed by atoms with Gasteiger partial charge in [-0.1, -0.05) is 6.92 Å². The molecule has 0 atom stereocenters. The summed E-state index contributed by atoms with van der Waals surface area (Å²) in [6.45, 7) is 1.90. The first kappa shape index (κ1) is 7.66. The van der Waals surface area contributed by atoms with Crippen LogP contribution in [-0.2, 0) is 32.7 Å². The third kappa shape index (κ3) is 2.47. The van der Waals surface area contributed by atoms with E-state index in [9.17, 15) is 0 Å². The van der Waals surface area contributed by atoms with Crippen LogP contribution >= 0.6 is 11.5 Å². The van der Waals surface area contributed by atoms with Crippen molar-refractivity contribution in [1.82, 2.24) is 9.36 Å². The molecule has 4 heteroatoms. The average Bonchev–Trinajstić information content (AvgIpc) is 1.86. The van der Waals surface area contributed by atoms with Crippen LogP contribution in [0.5, 0.6) is 0 Å². The predicted molar refractivity (Wildman–Crippen MR) is 23.5 cm³/mol. The fraction of sp³-hybridized carbons (Fsp3) is 0.333. The Labute approximate surface area is 71.4 Å². The fourth-order valence-electron chi connectivity index (χ4n) is 0.198. The van der Waals surface area contributed by atoms with E-state index in [0.717, 1.165) is 5.01 Å². The van der Waals surface area contributed by atoms with Crippen molar-refractivity contribution in [2.75, 3.05) is 0 Å². The topological polar surface area (TPSA) is 25.8 Å². The van der Waals surface area contributed by atoms with Crippen LogP contribution in [0.3, 0.4) is 0 Å². The van der Waals surface area contributed by atoms with Crippen molar-refractivity contribution in [3.05, 3.63) is 11.3 Å². The smallest absolute Gasteiger partial charge is 0.424 e. The van der Waals surface area contributed by atoms with E-state index >= 15 is 0 Å². The first-order valence-electron chi connectivity index (χ1n) is 1.56. The van der Waals surface area contributed by atoms with E-state index in [1.54, 1.807) is 0 Å². The zero-order chi connectivity index (χ0) is 4.41. The molecule has 7 heavy (non-hydrogen) atoms. The van der Waals surface area contributed by atoms with Crippen LogP contribution in [0.4, 0.5) is 0 Å². The van der Waals surface area contributed by atoms with Crippen LogP contribution < -0.4 is 0 Å². The molecule has 2 nitrogen and oxygen atoms in total. The molecule has 1 aromatic heterocycles. The molecule has 0 unspecified atom stereocenters. The van der Waals surface area contributed by atoms with Gasteiger partial charge in [0.25, 0.3) is 0 Å². The normalized spacial score (nSPS) is 7.57. The van der Waals surface area contributed by atoms with E-state index < -0.39 is 0 Å². The van der Waals surface area contributed by atoms with E-state index in [1.807, 2.05) is 6.92 Å². The van der Waals surface area contributed by atoms with E-state index in [2.05, 4.69) is 15.7 Å². The Kier molecular flexibility index (Phi) is 3.98. The average molecular weight is 188 g/mol. The first-order chi connectivity index (χ1) is 2.89. The summed E-state index contributed by atoms with van der Waals surface area (Å²) in [6, 6.07) is 0. The summed E-state index contributed by atoms with van der Waals surface area (Å²) in [4.78, 5) is 3.70. The van der Waals surface area contributed by atoms with Gasteiger partial charge in [0.2, 0.25) is 0 Å². The van der Waals surface area contributed by atoms with E-state index in [4.69, 9.17) is 0 Å². The van der Waals surface area contributed by atoms with Crippen molar-refractivity contribution < 1.29 is 32.7 Å². The van der Waals surface area contributed by atoms with Gasteiger partial charge >= 0.3 is 32.7 Å². The van der Waals surface area contributed by atoms with Crippen molar-refractivity contribution >= 4 is 11.5 Å². The van der Waals surface area contributed by atoms with Crippen molar-refractivity contribution in [1.29, 1.82) is 0 Å². The molecule has 0 aliphatic heterocycles. The minimum absolute atomic E-state index is 0. The van der Waals surface area contributed by atoms with Crippen LogP contribution in [-0.4, -0.2) is 9.36 Å². The second-order valence-electron chi connectivity index (χ2n) is 0.913. The molecule has 1 aromatic rings. The number of hydrogen-bond acceptors (Lipinski definition) is 3. The molecule has 0 amide bonds. The van der Waals surface area contributed by atoms with Crippen LogP contribution in [0.15, 0.2) is 0 Å². The minimum atomic E-state index is 0. The maximum Gasteiger partial charge on any atom is 3.00 e. The van der Waals surface area contributed by atoms with Gasteiger partial charge in [-0.2, -0.15) is 0 Å². The molecule has 1 heterocycles. The number of rotatable bonds is 0. The molecule has 0 radical (unpaired) electrons. The van der Waals surface area contributed by atoms with Crippen LogP contribution in [0.1, 0.15) is 5.01 Å². The summed E-state index contributed by atoms with van der Waals surface area (Å²) in [5.41, 5.74) is 0. The Hall–Kier alpha value is 0.664. The summed E-state index contributed by atoms with van der Waals surface area (Å²) in [7, 11) is 0. The largest absolute Gasteiger partial charge is 3.00 e. The number of aryl methyl sites for hydroxylation is 1. The number of aromatic nitrogens is 2. The Bertz CT molecular complexity index is 116. The molecular weight excluding hydrogens is 185 g/mol. The van der Waals surface area contributed by atoms with Crippen molar-refractivity contribution in [3.8, 4) is 0 Å². The zero-order valence-corrected chi connectivity index (χ0v) is 7.53. The Morgan fingerprint density at radius 3 is 2.57 bits per heavy atom. The summed E-state index contributed by atoms with van der Waals surface area (Å²) in [5.74, 6) is 0. The van der Waals surface area contributed by atoms with Gasteiger partial charge in [-0.05, 0) is 11.3 Å². The van der Waals surface area contributed by atoms with Gasteiger partial charge in [-0.25, -0.2) is 0 Å². The summed E-state index contributed by atoms with van der Waals surface area (Å²) in [6.07, 6.45) is 2.45. The molecule has 32 valence electrons. The predicted octanol–water partition coefficient (Wildman–Crippen LogP) is 0.644. The zero-order valence-electron chi connectivity index (χ0n) is 3.88. The molecule has 0 N–H and O–H groups in total. The van der Waals surface area contributed by atoms with Gasteiger partial charge in [0.1, 0.15) is 0 Å². The van der Waals surface area contributed by atoms with Crippen molar-refractivity contribution in [2.24, 2.45) is 0 Å². The van der Waals surface area contributed by atoms with Crippen molar-refractivity contribution in [2.45, 2.75) is 6.92 Å². The molecule has 1 rings (SSSR count). The second kappa shape index (κ2) is 3.64. The maximum absolute atomic E-state index is 3.70. The number of nitrogens with zero attached hydrogens (tertiary/aromatic N) is 2. The van der Waals surface area contributed by atoms with Gasteiger partial charge in [0.05, 0.1) is 0 Å². The molecule has 0 bridgehead atoms. The quantitative estimate of drug-likeness (QED) is 0.558. The molecule has 0 saturated carbocycles. The minimum Gasteiger partial charge on any atom is -0.424 e. The third-order valence-electron chi connectivity index (χ3n) is 0.426. The van der Waals surface area contributed by atoms with Gasteiger partial charge in [0, 0.05) is 0 Å². The third-order valence-corrected chi connectivity index (χ3v) is 0.954. The molecule has 0 fully saturated rings. The number of hydrogen-bond donors (Lipinski definition) is 0. The van der Waals surface area contributed by atoms with Crippen LogP contribution in [0.2, 0.25) is 0 Å². The fourth-order valence-corrected chi connectivity index (χ4v) is 0.493. The maximum atomic E-state index is 3.70. The van der Waals surface area contributed by atoms with Crippen LogP contribution in [0, 0.1) is 13.3 Å². The molecule has 0 aliphatic carbocycles. The summed E-state index contributed by atoms with van der Waals surface area (Å²) in [5, 5.41) is 0.968. The second-order valence-corrected chi connectivity index (χ2v) is 1.87. The Balaban J connectivity index is 0.000000360. The summed E-state index contributed by atoms with van der Waals surface area (Å²) >= 11 is 1.36. The van der Waals surface area contributed by atoms with E-state index in [0.29, 0.717) is 0 Å². The van der Waals surface area contributed by atoms with Crippen LogP contribution in [0.25, 0.3) is 0 Å². The molecule has 0 spiro atoms. The van der Waals surface area contributed by atoms with Gasteiger partial charge in [-0.3, -0.25) is 0 Å². The monoisotopic (exact) mass is 188 g/mol. The summed E-state index contributed by atoms with van der Waals surface area (Å²) < 4.78 is 3.63. The Morgan fingerprint density at radius 1 is 1.71 bits per heavy atom. The first-order valence-corrected chi connectivity index (χ1v) is 2.33. The van der Waals surface area contributed by atoms with Gasteiger partial charge in [-0.15, -0.1) is 11.5 Å². The van der Waals surface area contributed by atoms with Gasteiger partial charge in [0.15, 0.2) is 0 Å². The molecule has 0 saturated heterocycles. The van der Waals surface area contributed by atoms with Gasteiger partial charge < -0.3 is 9.36 Å². The standard InChI is InChI=1S/C3H3N2S.Y/c1-3-4-2-5-6-3;/h1H3;/q-1;+3. The van der Waals surface area contributed by atoms with Crippen molar-refractivity contribution in [3.63, 3.8) is 0 Å². The molecule has 0 aromatic carbocycles. The molecular formula is C3H3N2SY+2. The molecule has 0 aliphatic rings. The SMILES string of the molecule is Cc1n[c-]ns1.[Y+3]. The Morgan fingerprint density at radius 2 is 2.43 bits per heavy atom. The van der Waals surface area contributed by atoms with E-state index in [1.165, 1.54) is 11.5 Å². The van der Waals surface area contributed by atoms with E-state index in [-0.39, 0.29) is 32.7 Å².